The summed E-state index contributed by atoms with van der Waals surface area (Å²) >= 11 is 0. The van der Waals surface area contributed by atoms with Crippen molar-refractivity contribution in [2.45, 2.75) is 6.18 Å². The Morgan fingerprint density at radius 2 is 1.82 bits per heavy atom. The lowest BCUT2D eigenvalue weighted by atomic mass is 9.96. The van der Waals surface area contributed by atoms with Crippen molar-refractivity contribution < 1.29 is 31.9 Å². The lowest BCUT2D eigenvalue weighted by molar-refractivity contribution is -0.187. The standard InChI is InChI=1S/C13H9F5N2O2/c14-9-1-6(3-19)2-10(15)11(9)20-4-7(12(21)22)8(5-20)13(16,17)18/h1-2,7-8H,4-5H2,(H,21,22)/t7-,8-/m1/s1. The van der Waals surface area contributed by atoms with Gasteiger partial charge in [0.05, 0.1) is 23.5 Å². The van der Waals surface area contributed by atoms with Gasteiger partial charge in [0.25, 0.3) is 0 Å². The Hall–Kier alpha value is -2.37. The minimum absolute atomic E-state index is 0.319. The molecule has 0 unspecified atom stereocenters. The average Bonchev–Trinajstić information content (AvgIpc) is 2.82. The third-order valence-electron chi connectivity index (χ3n) is 3.52. The third-order valence-corrected chi connectivity index (χ3v) is 3.52. The van der Waals surface area contributed by atoms with E-state index in [0.29, 0.717) is 17.0 Å². The number of carbonyl (C=O) groups is 1. The number of alkyl halides is 3. The van der Waals surface area contributed by atoms with Crippen molar-refractivity contribution in [3.8, 4) is 6.07 Å². The molecular formula is C13H9F5N2O2. The van der Waals surface area contributed by atoms with Gasteiger partial charge >= 0.3 is 12.1 Å². The molecule has 2 rings (SSSR count). The van der Waals surface area contributed by atoms with E-state index >= 15 is 0 Å². The number of carboxylic acids is 1. The molecule has 0 aromatic heterocycles. The molecule has 1 fully saturated rings. The van der Waals surface area contributed by atoms with Gasteiger partial charge in [0.15, 0.2) is 11.6 Å². The molecule has 1 N–H and O–H groups in total. The lowest BCUT2D eigenvalue weighted by Gasteiger charge is -2.20. The minimum atomic E-state index is -4.79. The summed E-state index contributed by atoms with van der Waals surface area (Å²) in [5.74, 6) is -8.12. The fraction of sp³-hybridized carbons (Fsp3) is 0.385. The van der Waals surface area contributed by atoms with Gasteiger partial charge in [-0.25, -0.2) is 8.78 Å². The number of nitrogens with zero attached hydrogens (tertiary/aromatic N) is 2. The Bertz CT molecular complexity index is 630. The molecule has 118 valence electrons. The van der Waals surface area contributed by atoms with Crippen molar-refractivity contribution in [3.05, 3.63) is 29.3 Å². The zero-order valence-corrected chi connectivity index (χ0v) is 10.9. The second-order valence-electron chi connectivity index (χ2n) is 4.90. The average molecular weight is 320 g/mol. The highest BCUT2D eigenvalue weighted by atomic mass is 19.4. The van der Waals surface area contributed by atoms with Gasteiger partial charge in [-0.2, -0.15) is 18.4 Å². The number of nitriles is 1. The maximum Gasteiger partial charge on any atom is 0.394 e. The number of hydrogen-bond donors (Lipinski definition) is 1. The molecular weight excluding hydrogens is 311 g/mol. The number of carboxylic acid groups (broad SMARTS) is 1. The third kappa shape index (κ3) is 2.81. The van der Waals surface area contributed by atoms with Crippen LogP contribution in [-0.2, 0) is 4.79 Å². The fourth-order valence-corrected chi connectivity index (χ4v) is 2.50. The zero-order chi connectivity index (χ0) is 16.7. The van der Waals surface area contributed by atoms with Crippen LogP contribution in [0.15, 0.2) is 12.1 Å². The Kier molecular flexibility index (Phi) is 3.96. The van der Waals surface area contributed by atoms with Gasteiger partial charge in [-0.1, -0.05) is 0 Å². The first kappa shape index (κ1) is 16.0. The van der Waals surface area contributed by atoms with Crippen molar-refractivity contribution in [2.75, 3.05) is 18.0 Å². The van der Waals surface area contributed by atoms with Crippen molar-refractivity contribution in [3.63, 3.8) is 0 Å². The fourth-order valence-electron chi connectivity index (χ4n) is 2.50. The summed E-state index contributed by atoms with van der Waals surface area (Å²) in [5, 5.41) is 17.5. The predicted molar refractivity (Wildman–Crippen MR) is 64.0 cm³/mol. The molecule has 1 heterocycles. The molecule has 0 aliphatic carbocycles. The summed E-state index contributed by atoms with van der Waals surface area (Å²) in [6.45, 7) is -1.53. The van der Waals surface area contributed by atoms with E-state index in [2.05, 4.69) is 0 Å². The predicted octanol–water partition coefficient (Wildman–Crippen LogP) is 2.54. The van der Waals surface area contributed by atoms with Crippen LogP contribution in [0.1, 0.15) is 5.56 Å². The molecule has 4 nitrogen and oxygen atoms in total. The topological polar surface area (TPSA) is 64.3 Å². The molecule has 0 amide bonds. The smallest absolute Gasteiger partial charge is 0.394 e. The van der Waals surface area contributed by atoms with Crippen LogP contribution in [0.5, 0.6) is 0 Å². The van der Waals surface area contributed by atoms with Crippen LogP contribution < -0.4 is 4.90 Å². The van der Waals surface area contributed by atoms with E-state index in [1.165, 1.54) is 6.07 Å². The molecule has 1 aromatic carbocycles. The largest absolute Gasteiger partial charge is 0.481 e. The van der Waals surface area contributed by atoms with Gasteiger partial charge in [-0.3, -0.25) is 4.79 Å². The van der Waals surface area contributed by atoms with Crippen LogP contribution in [0.4, 0.5) is 27.6 Å². The first-order chi connectivity index (χ1) is 10.1. The van der Waals surface area contributed by atoms with E-state index in [1.807, 2.05) is 0 Å². The van der Waals surface area contributed by atoms with E-state index < -0.39 is 54.4 Å². The van der Waals surface area contributed by atoms with Crippen LogP contribution in [0, 0.1) is 34.8 Å². The maximum atomic E-state index is 13.8. The first-order valence-corrected chi connectivity index (χ1v) is 6.08. The molecule has 0 bridgehead atoms. The summed E-state index contributed by atoms with van der Waals surface area (Å²) < 4.78 is 66.3. The van der Waals surface area contributed by atoms with Crippen molar-refractivity contribution >= 4 is 11.7 Å². The summed E-state index contributed by atoms with van der Waals surface area (Å²) in [6, 6.07) is 2.89. The number of aliphatic carboxylic acids is 1. The molecule has 1 aliphatic heterocycles. The molecule has 0 saturated carbocycles. The van der Waals surface area contributed by atoms with Crippen LogP contribution in [0.25, 0.3) is 0 Å². The Labute approximate surface area is 121 Å². The van der Waals surface area contributed by atoms with Crippen LogP contribution >= 0.6 is 0 Å². The van der Waals surface area contributed by atoms with Gasteiger partial charge < -0.3 is 10.0 Å². The Balaban J connectivity index is 2.40. The Morgan fingerprint density at radius 3 is 2.18 bits per heavy atom. The summed E-state index contributed by atoms with van der Waals surface area (Å²) in [5.41, 5.74) is -1.07. The quantitative estimate of drug-likeness (QED) is 0.851. The molecule has 0 spiro atoms. The van der Waals surface area contributed by atoms with E-state index in [9.17, 15) is 26.7 Å². The summed E-state index contributed by atoms with van der Waals surface area (Å²) in [4.78, 5) is 11.7. The van der Waals surface area contributed by atoms with E-state index in [1.54, 1.807) is 0 Å². The van der Waals surface area contributed by atoms with Gasteiger partial charge in [0, 0.05) is 13.1 Å². The zero-order valence-electron chi connectivity index (χ0n) is 10.9. The second-order valence-corrected chi connectivity index (χ2v) is 4.90. The van der Waals surface area contributed by atoms with Gasteiger partial charge in [0.2, 0.25) is 0 Å². The van der Waals surface area contributed by atoms with Crippen LogP contribution in [-0.4, -0.2) is 30.3 Å². The van der Waals surface area contributed by atoms with Gasteiger partial charge in [0.1, 0.15) is 5.69 Å². The maximum absolute atomic E-state index is 13.8. The molecule has 2 atom stereocenters. The number of halogens is 5. The number of benzene rings is 1. The van der Waals surface area contributed by atoms with E-state index in [4.69, 9.17) is 10.4 Å². The van der Waals surface area contributed by atoms with Crippen molar-refractivity contribution in [2.24, 2.45) is 11.8 Å². The SMILES string of the molecule is N#Cc1cc(F)c(N2C[C@@H](C(F)(F)F)[C@H](C(=O)O)C2)c(F)c1. The molecule has 0 radical (unpaired) electrons. The highest BCUT2D eigenvalue weighted by molar-refractivity contribution is 5.73. The van der Waals surface area contributed by atoms with Crippen LogP contribution in [0.2, 0.25) is 0 Å². The molecule has 1 saturated heterocycles. The monoisotopic (exact) mass is 320 g/mol. The normalized spacial score (nSPS) is 21.7. The molecule has 9 heteroatoms. The molecule has 1 aliphatic rings. The van der Waals surface area contributed by atoms with Crippen molar-refractivity contribution in [1.82, 2.24) is 0 Å². The van der Waals surface area contributed by atoms with Gasteiger partial charge in [-0.05, 0) is 12.1 Å². The Morgan fingerprint density at radius 1 is 1.27 bits per heavy atom. The van der Waals surface area contributed by atoms with Gasteiger partial charge in [-0.15, -0.1) is 0 Å². The first-order valence-electron chi connectivity index (χ1n) is 6.08. The summed E-state index contributed by atoms with van der Waals surface area (Å²) in [7, 11) is 0. The van der Waals surface area contributed by atoms with Crippen LogP contribution in [0.3, 0.4) is 0 Å². The lowest BCUT2D eigenvalue weighted by Crippen LogP contribution is -2.33. The molecule has 22 heavy (non-hydrogen) atoms. The number of rotatable bonds is 2. The van der Waals surface area contributed by atoms with E-state index in [0.717, 1.165) is 0 Å². The highest BCUT2D eigenvalue weighted by Crippen LogP contribution is 2.40. The van der Waals surface area contributed by atoms with Crippen molar-refractivity contribution in [1.29, 1.82) is 5.26 Å². The minimum Gasteiger partial charge on any atom is -0.481 e. The number of anilines is 1. The second kappa shape index (κ2) is 5.44. The highest BCUT2D eigenvalue weighted by Gasteiger charge is 2.53. The summed E-state index contributed by atoms with van der Waals surface area (Å²) in [6.07, 6.45) is -4.79. The number of hydrogen-bond acceptors (Lipinski definition) is 3. The van der Waals surface area contributed by atoms with E-state index in [-0.39, 0.29) is 5.56 Å². The molecule has 1 aromatic rings.